The summed E-state index contributed by atoms with van der Waals surface area (Å²) >= 11 is 0. The van der Waals surface area contributed by atoms with Crippen LogP contribution in [0.4, 0.5) is 0 Å². The zero-order valence-electron chi connectivity index (χ0n) is 10.5. The molecule has 0 spiro atoms. The lowest BCUT2D eigenvalue weighted by atomic mass is 10.1. The first-order valence-electron chi connectivity index (χ1n) is 5.55. The van der Waals surface area contributed by atoms with E-state index in [2.05, 4.69) is 0 Å². The molecular formula is C14H12O5. The van der Waals surface area contributed by atoms with Crippen LogP contribution in [0, 0.1) is 0 Å². The van der Waals surface area contributed by atoms with E-state index >= 15 is 0 Å². The molecule has 5 heteroatoms. The van der Waals surface area contributed by atoms with E-state index in [-0.39, 0.29) is 11.3 Å². The normalized spacial score (nSPS) is 10.2. The molecule has 0 aliphatic rings. The van der Waals surface area contributed by atoms with Gasteiger partial charge in [0, 0.05) is 6.92 Å². The molecule has 0 fully saturated rings. The fourth-order valence-corrected chi connectivity index (χ4v) is 1.79. The van der Waals surface area contributed by atoms with Crippen LogP contribution < -0.4 is 9.47 Å². The zero-order valence-corrected chi connectivity index (χ0v) is 10.5. The molecule has 0 saturated heterocycles. The summed E-state index contributed by atoms with van der Waals surface area (Å²) in [6.45, 7) is 1.22. The van der Waals surface area contributed by atoms with Crippen molar-refractivity contribution in [2.75, 3.05) is 7.11 Å². The minimum absolute atomic E-state index is 0.0285. The number of hydrogen-bond acceptors (Lipinski definition) is 4. The van der Waals surface area contributed by atoms with Crippen molar-refractivity contribution in [1.82, 2.24) is 0 Å². The third-order valence-corrected chi connectivity index (χ3v) is 2.63. The molecule has 0 unspecified atom stereocenters. The Kier molecular flexibility index (Phi) is 3.37. The van der Waals surface area contributed by atoms with Crippen LogP contribution in [0.15, 0.2) is 30.3 Å². The Morgan fingerprint density at radius 1 is 1.11 bits per heavy atom. The molecule has 2 aromatic rings. The fraction of sp³-hybridized carbons (Fsp3) is 0.143. The van der Waals surface area contributed by atoms with Crippen molar-refractivity contribution in [2.45, 2.75) is 6.92 Å². The van der Waals surface area contributed by atoms with Crippen LogP contribution in [-0.4, -0.2) is 24.2 Å². The lowest BCUT2D eigenvalue weighted by Gasteiger charge is -2.09. The molecule has 0 saturated carbocycles. The number of methoxy groups -OCH3 is 1. The number of fused-ring (bicyclic) bond motifs is 1. The third kappa shape index (κ3) is 2.65. The molecule has 1 N–H and O–H groups in total. The summed E-state index contributed by atoms with van der Waals surface area (Å²) in [5.74, 6) is -1.04. The Hall–Kier alpha value is -2.56. The molecule has 5 nitrogen and oxygen atoms in total. The molecule has 0 aliphatic carbocycles. The highest BCUT2D eigenvalue weighted by atomic mass is 16.5. The molecule has 0 aliphatic heterocycles. The van der Waals surface area contributed by atoms with Gasteiger partial charge in [-0.25, -0.2) is 4.79 Å². The number of carboxylic acid groups (broad SMARTS) is 1. The number of rotatable bonds is 3. The average Bonchev–Trinajstić information content (AvgIpc) is 2.36. The van der Waals surface area contributed by atoms with Crippen LogP contribution in [-0.2, 0) is 4.79 Å². The second-order valence-corrected chi connectivity index (χ2v) is 3.96. The first-order chi connectivity index (χ1) is 9.01. The molecule has 0 heterocycles. The maximum absolute atomic E-state index is 11.2. The summed E-state index contributed by atoms with van der Waals surface area (Å²) in [6.07, 6.45) is 0. The van der Waals surface area contributed by atoms with Gasteiger partial charge in [-0.2, -0.15) is 0 Å². The molecule has 0 aromatic heterocycles. The van der Waals surface area contributed by atoms with Gasteiger partial charge >= 0.3 is 11.9 Å². The van der Waals surface area contributed by atoms with Crippen molar-refractivity contribution < 1.29 is 24.2 Å². The SMILES string of the molecule is COc1ccc2cc(C(=O)O)c(OC(C)=O)cc2c1. The summed E-state index contributed by atoms with van der Waals surface area (Å²) in [6, 6.07) is 8.21. The van der Waals surface area contributed by atoms with E-state index in [1.165, 1.54) is 19.1 Å². The number of benzene rings is 2. The van der Waals surface area contributed by atoms with Gasteiger partial charge in [0.1, 0.15) is 17.1 Å². The fourth-order valence-electron chi connectivity index (χ4n) is 1.79. The molecule has 0 bridgehead atoms. The van der Waals surface area contributed by atoms with Crippen LogP contribution in [0.1, 0.15) is 17.3 Å². The van der Waals surface area contributed by atoms with Gasteiger partial charge in [0.15, 0.2) is 0 Å². The van der Waals surface area contributed by atoms with Crippen LogP contribution in [0.5, 0.6) is 11.5 Å². The summed E-state index contributed by atoms with van der Waals surface area (Å²) in [7, 11) is 1.54. The van der Waals surface area contributed by atoms with Crippen molar-refractivity contribution in [3.05, 3.63) is 35.9 Å². The van der Waals surface area contributed by atoms with Crippen molar-refractivity contribution in [1.29, 1.82) is 0 Å². The van der Waals surface area contributed by atoms with Gasteiger partial charge < -0.3 is 14.6 Å². The van der Waals surface area contributed by atoms with Crippen molar-refractivity contribution in [3.8, 4) is 11.5 Å². The number of hydrogen-bond donors (Lipinski definition) is 1. The summed E-state index contributed by atoms with van der Waals surface area (Å²) in [5, 5.41) is 10.6. The third-order valence-electron chi connectivity index (χ3n) is 2.63. The molecule has 98 valence electrons. The van der Waals surface area contributed by atoms with Gasteiger partial charge in [-0.05, 0) is 35.0 Å². The predicted molar refractivity (Wildman–Crippen MR) is 68.8 cm³/mol. The smallest absolute Gasteiger partial charge is 0.339 e. The van der Waals surface area contributed by atoms with E-state index in [9.17, 15) is 9.59 Å². The van der Waals surface area contributed by atoms with Crippen molar-refractivity contribution >= 4 is 22.7 Å². The monoisotopic (exact) mass is 260 g/mol. The largest absolute Gasteiger partial charge is 0.497 e. The predicted octanol–water partition coefficient (Wildman–Crippen LogP) is 2.47. The van der Waals surface area contributed by atoms with E-state index in [0.29, 0.717) is 5.75 Å². The van der Waals surface area contributed by atoms with E-state index < -0.39 is 11.9 Å². The molecule has 0 amide bonds. The van der Waals surface area contributed by atoms with Crippen molar-refractivity contribution in [2.24, 2.45) is 0 Å². The van der Waals surface area contributed by atoms with Crippen LogP contribution >= 0.6 is 0 Å². The van der Waals surface area contributed by atoms with Gasteiger partial charge in [0.25, 0.3) is 0 Å². The summed E-state index contributed by atoms with van der Waals surface area (Å²) in [4.78, 5) is 22.2. The standard InChI is InChI=1S/C14H12O5/c1-8(15)19-13-7-10-5-11(18-2)4-3-9(10)6-12(13)14(16)17/h3-7H,1-2H3,(H,16,17). The molecule has 19 heavy (non-hydrogen) atoms. The van der Waals surface area contributed by atoms with Crippen molar-refractivity contribution in [3.63, 3.8) is 0 Å². The van der Waals surface area contributed by atoms with Gasteiger partial charge in [0.2, 0.25) is 0 Å². The van der Waals surface area contributed by atoms with E-state index in [4.69, 9.17) is 14.6 Å². The Morgan fingerprint density at radius 2 is 1.84 bits per heavy atom. The molecule has 2 rings (SSSR count). The van der Waals surface area contributed by atoms with Crippen LogP contribution in [0.25, 0.3) is 10.8 Å². The minimum atomic E-state index is -1.14. The quantitative estimate of drug-likeness (QED) is 0.678. The minimum Gasteiger partial charge on any atom is -0.497 e. The topological polar surface area (TPSA) is 72.8 Å². The maximum Gasteiger partial charge on any atom is 0.339 e. The highest BCUT2D eigenvalue weighted by molar-refractivity contribution is 5.98. The van der Waals surface area contributed by atoms with Crippen LogP contribution in [0.2, 0.25) is 0 Å². The molecular weight excluding hydrogens is 248 g/mol. The lowest BCUT2D eigenvalue weighted by Crippen LogP contribution is -2.07. The summed E-state index contributed by atoms with van der Waals surface area (Å²) in [5.41, 5.74) is -0.0483. The molecule has 2 aromatic carbocycles. The van der Waals surface area contributed by atoms with Crippen LogP contribution in [0.3, 0.4) is 0 Å². The number of aromatic carboxylic acids is 1. The second kappa shape index (κ2) is 4.97. The number of esters is 1. The first-order valence-corrected chi connectivity index (χ1v) is 5.55. The van der Waals surface area contributed by atoms with Gasteiger partial charge in [-0.3, -0.25) is 4.79 Å². The van der Waals surface area contributed by atoms with Gasteiger partial charge in [-0.15, -0.1) is 0 Å². The van der Waals surface area contributed by atoms with E-state index in [1.807, 2.05) is 0 Å². The number of ether oxygens (including phenoxy) is 2. The number of carbonyl (C=O) groups excluding carboxylic acids is 1. The van der Waals surface area contributed by atoms with E-state index in [0.717, 1.165) is 10.8 Å². The molecule has 0 atom stereocenters. The van der Waals surface area contributed by atoms with Gasteiger partial charge in [0.05, 0.1) is 7.11 Å². The Labute approximate surface area is 109 Å². The molecule has 0 radical (unpaired) electrons. The Bertz CT molecular complexity index is 660. The zero-order chi connectivity index (χ0) is 14.0. The van der Waals surface area contributed by atoms with Gasteiger partial charge in [-0.1, -0.05) is 6.07 Å². The highest BCUT2D eigenvalue weighted by Gasteiger charge is 2.14. The Morgan fingerprint density at radius 3 is 2.42 bits per heavy atom. The lowest BCUT2D eigenvalue weighted by molar-refractivity contribution is -0.131. The Balaban J connectivity index is 2.65. The highest BCUT2D eigenvalue weighted by Crippen LogP contribution is 2.29. The first kappa shape index (κ1) is 12.9. The average molecular weight is 260 g/mol. The second-order valence-electron chi connectivity index (χ2n) is 3.96. The number of carboxylic acids is 1. The summed E-state index contributed by atoms with van der Waals surface area (Å²) < 4.78 is 10.0. The van der Waals surface area contributed by atoms with E-state index in [1.54, 1.807) is 25.3 Å². The maximum atomic E-state index is 11.2. The number of carbonyl (C=O) groups is 2.